The first-order chi connectivity index (χ1) is 11.6. The van der Waals surface area contributed by atoms with Crippen molar-refractivity contribution in [1.29, 1.82) is 5.26 Å². The van der Waals surface area contributed by atoms with Gasteiger partial charge in [0.1, 0.15) is 17.4 Å². The summed E-state index contributed by atoms with van der Waals surface area (Å²) < 4.78 is 5.47. The first kappa shape index (κ1) is 14.2. The second kappa shape index (κ2) is 5.03. The van der Waals surface area contributed by atoms with Crippen LogP contribution in [0.15, 0.2) is 47.9 Å². The number of nitrogens with zero attached hydrogens (tertiary/aromatic N) is 2. The lowest BCUT2D eigenvalue weighted by atomic mass is 9.81. The van der Waals surface area contributed by atoms with Gasteiger partial charge in [0.2, 0.25) is 11.8 Å². The van der Waals surface area contributed by atoms with Crippen LogP contribution in [0.1, 0.15) is 22.7 Å². The summed E-state index contributed by atoms with van der Waals surface area (Å²) in [7, 11) is 0. The Bertz CT molecular complexity index is 1040. The van der Waals surface area contributed by atoms with Crippen LogP contribution in [-0.2, 0) is 0 Å². The van der Waals surface area contributed by atoms with Crippen LogP contribution in [0, 0.1) is 18.3 Å². The van der Waals surface area contributed by atoms with E-state index in [2.05, 4.69) is 16.3 Å². The zero-order chi connectivity index (χ0) is 16.8. The van der Waals surface area contributed by atoms with Crippen LogP contribution >= 0.6 is 0 Å². The predicted molar refractivity (Wildman–Crippen MR) is 88.2 cm³/mol. The number of ether oxygens (including phenoxy) is 1. The van der Waals surface area contributed by atoms with Crippen molar-refractivity contribution in [2.45, 2.75) is 12.8 Å². The third-order valence-electron chi connectivity index (χ3n) is 4.37. The fraction of sp³-hybridized carbons (Fsp3) is 0.111. The van der Waals surface area contributed by atoms with E-state index in [0.29, 0.717) is 17.0 Å². The Morgan fingerprint density at radius 2 is 2.04 bits per heavy atom. The summed E-state index contributed by atoms with van der Waals surface area (Å²) in [6.45, 7) is 1.85. The van der Waals surface area contributed by atoms with E-state index in [1.807, 2.05) is 37.3 Å². The Kier molecular flexibility index (Phi) is 2.97. The molecule has 2 aromatic carbocycles. The van der Waals surface area contributed by atoms with Crippen molar-refractivity contribution in [1.82, 2.24) is 10.2 Å². The molecule has 118 valence electrons. The lowest BCUT2D eigenvalue weighted by Gasteiger charge is -2.25. The van der Waals surface area contributed by atoms with Crippen molar-refractivity contribution >= 4 is 10.8 Å². The fourth-order valence-electron chi connectivity index (χ4n) is 3.27. The largest absolute Gasteiger partial charge is 0.508 e. The smallest absolute Gasteiger partial charge is 0.244 e. The third-order valence-corrected chi connectivity index (χ3v) is 4.37. The Labute approximate surface area is 137 Å². The highest BCUT2D eigenvalue weighted by atomic mass is 16.5. The second-order valence-corrected chi connectivity index (χ2v) is 5.71. The van der Waals surface area contributed by atoms with Crippen LogP contribution in [0.2, 0.25) is 0 Å². The first-order valence-electron chi connectivity index (χ1n) is 7.45. The molecule has 2 heterocycles. The van der Waals surface area contributed by atoms with E-state index in [4.69, 9.17) is 10.5 Å². The maximum atomic E-state index is 10.6. The quantitative estimate of drug-likeness (QED) is 0.639. The third kappa shape index (κ3) is 1.85. The summed E-state index contributed by atoms with van der Waals surface area (Å²) >= 11 is 0. The second-order valence-electron chi connectivity index (χ2n) is 5.71. The highest BCUT2D eigenvalue weighted by Gasteiger charge is 2.36. The van der Waals surface area contributed by atoms with Gasteiger partial charge in [-0.3, -0.25) is 5.10 Å². The molecule has 3 aromatic rings. The van der Waals surface area contributed by atoms with Crippen LogP contribution in [0.3, 0.4) is 0 Å². The Balaban J connectivity index is 2.11. The molecule has 0 saturated heterocycles. The molecule has 6 nitrogen and oxygen atoms in total. The summed E-state index contributed by atoms with van der Waals surface area (Å²) in [5, 5.41) is 29.0. The molecule has 0 fully saturated rings. The molecular weight excluding hydrogens is 304 g/mol. The molecule has 4 N–H and O–H groups in total. The molecule has 0 bridgehead atoms. The molecule has 1 aliphatic heterocycles. The average Bonchev–Trinajstić information content (AvgIpc) is 2.94. The highest BCUT2D eigenvalue weighted by molar-refractivity contribution is 5.89. The molecule has 1 aromatic heterocycles. The minimum Gasteiger partial charge on any atom is -0.508 e. The number of allylic oxidation sites excluding steroid dienone is 1. The molecular formula is C18H14N4O2. The topological polar surface area (TPSA) is 108 Å². The molecule has 1 atom stereocenters. The number of rotatable bonds is 1. The standard InChI is InChI=1S/C18H14N4O2/c1-9-14-16(12(8-19)17(20)24-18(14)22-21-9)15-11-5-3-2-4-10(11)6-7-13(15)23/h2-7,16,23H,20H2,1H3,(H,21,22). The number of nitrogens with two attached hydrogens (primary N) is 1. The van der Waals surface area contributed by atoms with Crippen LogP contribution in [0.4, 0.5) is 0 Å². The number of phenolic OH excluding ortho intramolecular Hbond substituents is 1. The van der Waals surface area contributed by atoms with Crippen molar-refractivity contribution in [2.75, 3.05) is 0 Å². The van der Waals surface area contributed by atoms with Crippen molar-refractivity contribution in [3.63, 3.8) is 0 Å². The monoisotopic (exact) mass is 318 g/mol. The van der Waals surface area contributed by atoms with E-state index in [1.165, 1.54) is 0 Å². The van der Waals surface area contributed by atoms with Gasteiger partial charge in [0.05, 0.1) is 5.92 Å². The number of nitrogens with one attached hydrogen (secondary N) is 1. The molecule has 1 aliphatic rings. The van der Waals surface area contributed by atoms with E-state index < -0.39 is 5.92 Å². The summed E-state index contributed by atoms with van der Waals surface area (Å²) in [5.74, 6) is -0.0912. The van der Waals surface area contributed by atoms with Gasteiger partial charge >= 0.3 is 0 Å². The van der Waals surface area contributed by atoms with Crippen LogP contribution in [0.25, 0.3) is 10.8 Å². The molecule has 6 heteroatoms. The number of H-pyrrole nitrogens is 1. The number of hydrogen-bond donors (Lipinski definition) is 3. The van der Waals surface area contributed by atoms with Gasteiger partial charge in [-0.1, -0.05) is 30.3 Å². The van der Waals surface area contributed by atoms with E-state index in [1.54, 1.807) is 6.07 Å². The molecule has 4 rings (SSSR count). The molecule has 0 radical (unpaired) electrons. The SMILES string of the molecule is Cc1[nH]nc2c1C(c1c(O)ccc3ccccc13)C(C#N)=C(N)O2. The summed E-state index contributed by atoms with van der Waals surface area (Å²) in [6, 6.07) is 13.3. The van der Waals surface area contributed by atoms with Gasteiger partial charge in [-0.15, -0.1) is 5.10 Å². The summed E-state index contributed by atoms with van der Waals surface area (Å²) in [4.78, 5) is 0. The average molecular weight is 318 g/mol. The number of aromatic nitrogens is 2. The number of aryl methyl sites for hydroxylation is 1. The number of benzene rings is 2. The van der Waals surface area contributed by atoms with E-state index in [0.717, 1.165) is 16.5 Å². The van der Waals surface area contributed by atoms with Gasteiger partial charge in [-0.25, -0.2) is 0 Å². The summed E-state index contributed by atoms with van der Waals surface area (Å²) in [5.41, 5.74) is 8.31. The summed E-state index contributed by atoms with van der Waals surface area (Å²) in [6.07, 6.45) is 0. The zero-order valence-corrected chi connectivity index (χ0v) is 12.9. The van der Waals surface area contributed by atoms with Crippen molar-refractivity contribution < 1.29 is 9.84 Å². The van der Waals surface area contributed by atoms with Gasteiger partial charge in [-0.2, -0.15) is 5.26 Å². The van der Waals surface area contributed by atoms with Crippen molar-refractivity contribution in [3.05, 3.63) is 64.7 Å². The maximum Gasteiger partial charge on any atom is 0.244 e. The Morgan fingerprint density at radius 1 is 1.25 bits per heavy atom. The van der Waals surface area contributed by atoms with E-state index in [9.17, 15) is 10.4 Å². The number of aromatic amines is 1. The molecule has 1 unspecified atom stereocenters. The lowest BCUT2D eigenvalue weighted by Crippen LogP contribution is -2.21. The molecule has 0 saturated carbocycles. The van der Waals surface area contributed by atoms with Crippen LogP contribution in [0.5, 0.6) is 11.6 Å². The minimum atomic E-state index is -0.538. The number of fused-ring (bicyclic) bond motifs is 2. The Hall–Kier alpha value is -3.46. The zero-order valence-electron chi connectivity index (χ0n) is 12.9. The predicted octanol–water partition coefficient (Wildman–Crippen LogP) is 2.80. The maximum absolute atomic E-state index is 10.6. The van der Waals surface area contributed by atoms with Crippen LogP contribution in [-0.4, -0.2) is 15.3 Å². The Morgan fingerprint density at radius 3 is 2.83 bits per heavy atom. The number of hydrogen-bond acceptors (Lipinski definition) is 5. The van der Waals surface area contributed by atoms with Crippen molar-refractivity contribution in [2.24, 2.45) is 5.73 Å². The fourth-order valence-corrected chi connectivity index (χ4v) is 3.27. The van der Waals surface area contributed by atoms with Gasteiger partial charge in [-0.05, 0) is 23.8 Å². The highest BCUT2D eigenvalue weighted by Crippen LogP contribution is 2.47. The number of nitriles is 1. The van der Waals surface area contributed by atoms with Crippen LogP contribution < -0.4 is 10.5 Å². The first-order valence-corrected chi connectivity index (χ1v) is 7.45. The van der Waals surface area contributed by atoms with Gasteiger partial charge in [0.15, 0.2) is 0 Å². The minimum absolute atomic E-state index is 0.00818. The molecule has 0 amide bonds. The van der Waals surface area contributed by atoms with E-state index in [-0.39, 0.29) is 17.2 Å². The van der Waals surface area contributed by atoms with Gasteiger partial charge < -0.3 is 15.6 Å². The van der Waals surface area contributed by atoms with Gasteiger partial charge in [0, 0.05) is 16.8 Å². The van der Waals surface area contributed by atoms with Gasteiger partial charge in [0.25, 0.3) is 0 Å². The lowest BCUT2D eigenvalue weighted by molar-refractivity contribution is 0.377. The normalized spacial score (nSPS) is 16.6. The molecule has 24 heavy (non-hydrogen) atoms. The van der Waals surface area contributed by atoms with E-state index >= 15 is 0 Å². The van der Waals surface area contributed by atoms with Crippen molar-refractivity contribution in [3.8, 4) is 17.7 Å². The number of phenols is 1. The molecule has 0 aliphatic carbocycles. The molecule has 0 spiro atoms. The number of aromatic hydroxyl groups is 1.